The van der Waals surface area contributed by atoms with Crippen molar-refractivity contribution in [2.45, 2.75) is 63.8 Å². The van der Waals surface area contributed by atoms with Crippen LogP contribution in [0.5, 0.6) is 0 Å². The molecule has 1 fully saturated rings. The quantitative estimate of drug-likeness (QED) is 0.107. The summed E-state index contributed by atoms with van der Waals surface area (Å²) in [6, 6.07) is 22.9. The Balaban J connectivity index is 1.25. The summed E-state index contributed by atoms with van der Waals surface area (Å²) >= 11 is 0. The van der Waals surface area contributed by atoms with Crippen molar-refractivity contribution in [1.82, 2.24) is 10.2 Å². The maximum Gasteiger partial charge on any atom is 0.224 e. The summed E-state index contributed by atoms with van der Waals surface area (Å²) in [6.45, 7) is 5.76. The summed E-state index contributed by atoms with van der Waals surface area (Å²) in [7, 11) is 2.04. The van der Waals surface area contributed by atoms with E-state index >= 15 is 0 Å². The van der Waals surface area contributed by atoms with Crippen LogP contribution in [0, 0.1) is 0 Å². The number of hydrogen-bond donors (Lipinski definition) is 4. The molecule has 44 heavy (non-hydrogen) atoms. The second kappa shape index (κ2) is 16.7. The molecule has 9 heteroatoms. The van der Waals surface area contributed by atoms with Gasteiger partial charge in [-0.25, -0.2) is 0 Å². The fourth-order valence-electron chi connectivity index (χ4n) is 5.15. The molecule has 0 aromatic heterocycles. The summed E-state index contributed by atoms with van der Waals surface area (Å²) in [6.07, 6.45) is 3.78. The number of hydrogen-bond acceptors (Lipinski definition) is 7. The molecule has 0 bridgehead atoms. The number of para-hydroxylation sites is 2. The van der Waals surface area contributed by atoms with Gasteiger partial charge in [-0.2, -0.15) is 0 Å². The molecule has 0 aliphatic carbocycles. The minimum atomic E-state index is -0.535. The van der Waals surface area contributed by atoms with Gasteiger partial charge in [0.05, 0.1) is 30.2 Å². The van der Waals surface area contributed by atoms with E-state index in [1.54, 1.807) is 12.1 Å². The third-order valence-corrected chi connectivity index (χ3v) is 7.61. The third kappa shape index (κ3) is 10.0. The number of unbranched alkanes of at least 4 members (excludes halogenated alkanes) is 1. The van der Waals surface area contributed by atoms with E-state index in [0.29, 0.717) is 50.0 Å². The molecule has 1 aliphatic heterocycles. The van der Waals surface area contributed by atoms with E-state index < -0.39 is 6.29 Å². The van der Waals surface area contributed by atoms with Gasteiger partial charge in [0.2, 0.25) is 11.8 Å². The summed E-state index contributed by atoms with van der Waals surface area (Å²) in [4.78, 5) is 26.7. The molecule has 2 amide bonds. The van der Waals surface area contributed by atoms with Crippen LogP contribution >= 0.6 is 0 Å². The highest BCUT2D eigenvalue weighted by Gasteiger charge is 2.32. The molecule has 234 valence electrons. The van der Waals surface area contributed by atoms with Crippen molar-refractivity contribution >= 4 is 23.2 Å². The Hall–Kier alpha value is -4.02. The number of likely N-dealkylation sites (N-methyl/N-ethyl adjacent to an activating group) is 1. The number of carbonyl (C=O) groups is 2. The molecule has 0 unspecified atom stereocenters. The summed E-state index contributed by atoms with van der Waals surface area (Å²) in [5, 5.41) is 15.2. The summed E-state index contributed by atoms with van der Waals surface area (Å²) < 4.78 is 12.8. The Labute approximate surface area is 260 Å². The van der Waals surface area contributed by atoms with Crippen molar-refractivity contribution in [2.24, 2.45) is 0 Å². The minimum absolute atomic E-state index is 0.00346. The fourth-order valence-corrected chi connectivity index (χ4v) is 5.15. The van der Waals surface area contributed by atoms with Crippen LogP contribution in [0.3, 0.4) is 0 Å². The van der Waals surface area contributed by atoms with Crippen molar-refractivity contribution in [3.63, 3.8) is 0 Å². The first-order valence-electron chi connectivity index (χ1n) is 15.1. The number of nitrogens with zero attached hydrogens (tertiary/aromatic N) is 1. The smallest absolute Gasteiger partial charge is 0.224 e. The van der Waals surface area contributed by atoms with Gasteiger partial charge in [0.25, 0.3) is 0 Å². The van der Waals surface area contributed by atoms with E-state index in [4.69, 9.17) is 15.2 Å². The molecule has 0 spiro atoms. The number of benzene rings is 3. The lowest BCUT2D eigenvalue weighted by Gasteiger charge is -2.37. The van der Waals surface area contributed by atoms with Crippen LogP contribution in [0.4, 0.5) is 11.4 Å². The van der Waals surface area contributed by atoms with Gasteiger partial charge < -0.3 is 35.8 Å². The number of nitrogen functional groups attached to an aromatic ring is 1. The maximum absolute atomic E-state index is 12.4. The van der Waals surface area contributed by atoms with E-state index in [9.17, 15) is 14.7 Å². The Morgan fingerprint density at radius 1 is 0.955 bits per heavy atom. The van der Waals surface area contributed by atoms with E-state index in [0.717, 1.165) is 35.3 Å². The zero-order chi connectivity index (χ0) is 31.3. The lowest BCUT2D eigenvalue weighted by atomic mass is 9.99. The van der Waals surface area contributed by atoms with Crippen molar-refractivity contribution in [3.05, 3.63) is 108 Å². The highest BCUT2D eigenvalue weighted by molar-refractivity contribution is 5.93. The second-order valence-corrected chi connectivity index (χ2v) is 11.2. The van der Waals surface area contributed by atoms with E-state index in [1.807, 2.05) is 73.8 Å². The van der Waals surface area contributed by atoms with Crippen LogP contribution in [0.25, 0.3) is 0 Å². The zero-order valence-corrected chi connectivity index (χ0v) is 25.4. The fraction of sp³-hybridized carbons (Fsp3) is 0.371. The standard InChI is InChI=1S/C35H44N4O5/c1-3-20-39(2)23-29-21-32(27-16-14-26(24-40)15-17-27)44-35(43-29)28-18-12-25(13-19-28)22-37-33(41)10-6-7-11-34(42)38-31-9-5-4-8-30(31)36/h3-5,8-9,12-19,29,32,35,40H,1,6-7,10-11,20-24,36H2,2H3,(H,37,41)(H,38,42)/t29-,32+,35+/m1/s1. The van der Waals surface area contributed by atoms with Crippen LogP contribution in [0.1, 0.15) is 66.8 Å². The van der Waals surface area contributed by atoms with Crippen LogP contribution in [0.2, 0.25) is 0 Å². The summed E-state index contributed by atoms with van der Waals surface area (Å²) in [5.74, 6) is -0.169. The molecule has 1 saturated heterocycles. The number of anilines is 2. The Kier molecular flexibility index (Phi) is 12.5. The number of aliphatic hydroxyl groups is 1. The minimum Gasteiger partial charge on any atom is -0.397 e. The number of aliphatic hydroxyl groups excluding tert-OH is 1. The molecule has 3 aromatic carbocycles. The van der Waals surface area contributed by atoms with E-state index in [2.05, 4.69) is 22.1 Å². The van der Waals surface area contributed by atoms with Crippen LogP contribution in [-0.2, 0) is 32.2 Å². The molecule has 0 saturated carbocycles. The van der Waals surface area contributed by atoms with Gasteiger partial charge in [-0.05, 0) is 48.7 Å². The molecular formula is C35H44N4O5. The van der Waals surface area contributed by atoms with Crippen molar-refractivity contribution in [1.29, 1.82) is 0 Å². The third-order valence-electron chi connectivity index (χ3n) is 7.61. The van der Waals surface area contributed by atoms with Gasteiger partial charge in [-0.1, -0.05) is 66.7 Å². The van der Waals surface area contributed by atoms with Crippen LogP contribution in [-0.4, -0.2) is 48.1 Å². The lowest BCUT2D eigenvalue weighted by molar-refractivity contribution is -0.252. The van der Waals surface area contributed by atoms with Gasteiger partial charge in [0.15, 0.2) is 6.29 Å². The van der Waals surface area contributed by atoms with Crippen molar-refractivity contribution in [3.8, 4) is 0 Å². The maximum atomic E-state index is 12.4. The second-order valence-electron chi connectivity index (χ2n) is 11.2. The highest BCUT2D eigenvalue weighted by Crippen LogP contribution is 2.38. The summed E-state index contributed by atoms with van der Waals surface area (Å²) in [5.41, 5.74) is 10.8. The van der Waals surface area contributed by atoms with Gasteiger partial charge in [-0.15, -0.1) is 6.58 Å². The number of nitrogens with two attached hydrogens (primary N) is 1. The predicted molar refractivity (Wildman–Crippen MR) is 172 cm³/mol. The van der Waals surface area contributed by atoms with E-state index in [-0.39, 0.29) is 30.6 Å². The SMILES string of the molecule is C=CCN(C)C[C@H]1C[C@@H](c2ccc(CO)cc2)O[C@@H](c2ccc(CNC(=O)CCCCC(=O)Nc3ccccc3N)cc2)O1. The first-order valence-corrected chi connectivity index (χ1v) is 15.1. The average Bonchev–Trinajstić information content (AvgIpc) is 3.03. The molecule has 1 heterocycles. The zero-order valence-electron chi connectivity index (χ0n) is 25.4. The lowest BCUT2D eigenvalue weighted by Crippen LogP contribution is -2.37. The number of amides is 2. The molecule has 4 rings (SSSR count). The first-order chi connectivity index (χ1) is 21.3. The van der Waals surface area contributed by atoms with Gasteiger partial charge in [0.1, 0.15) is 0 Å². The molecule has 1 aliphatic rings. The average molecular weight is 601 g/mol. The molecule has 0 radical (unpaired) electrons. The normalized spacial score (nSPS) is 18.1. The highest BCUT2D eigenvalue weighted by atomic mass is 16.7. The number of carbonyl (C=O) groups excluding carboxylic acids is 2. The topological polar surface area (TPSA) is 126 Å². The number of ether oxygens (including phenoxy) is 2. The molecule has 9 nitrogen and oxygen atoms in total. The Morgan fingerprint density at radius 2 is 1.61 bits per heavy atom. The van der Waals surface area contributed by atoms with Crippen molar-refractivity contribution < 1.29 is 24.2 Å². The van der Waals surface area contributed by atoms with Gasteiger partial charge in [0, 0.05) is 44.5 Å². The largest absolute Gasteiger partial charge is 0.397 e. The van der Waals surface area contributed by atoms with Gasteiger partial charge in [-0.3, -0.25) is 9.59 Å². The van der Waals surface area contributed by atoms with Gasteiger partial charge >= 0.3 is 0 Å². The predicted octanol–water partition coefficient (Wildman–Crippen LogP) is 5.24. The van der Waals surface area contributed by atoms with E-state index in [1.165, 1.54) is 0 Å². The molecule has 5 N–H and O–H groups in total. The molecule has 3 aromatic rings. The van der Waals surface area contributed by atoms with Crippen molar-refractivity contribution in [2.75, 3.05) is 31.2 Å². The Morgan fingerprint density at radius 3 is 2.30 bits per heavy atom. The monoisotopic (exact) mass is 600 g/mol. The van der Waals surface area contributed by atoms with Crippen LogP contribution < -0.4 is 16.4 Å². The molecule has 3 atom stereocenters. The van der Waals surface area contributed by atoms with Crippen LogP contribution in [0.15, 0.2) is 85.5 Å². The Bertz CT molecular complexity index is 1360. The number of nitrogens with one attached hydrogen (secondary N) is 2. The molecular weight excluding hydrogens is 556 g/mol. The first kappa shape index (κ1) is 32.9. The number of rotatable bonds is 15.